The van der Waals surface area contributed by atoms with E-state index in [9.17, 15) is 22.0 Å². The fourth-order valence-corrected chi connectivity index (χ4v) is 3.73. The van der Waals surface area contributed by atoms with Gasteiger partial charge in [-0.05, 0) is 55.3 Å². The van der Waals surface area contributed by atoms with Crippen LogP contribution in [0.25, 0.3) is 0 Å². The van der Waals surface area contributed by atoms with Crippen LogP contribution in [0.3, 0.4) is 0 Å². The molecule has 9 heteroatoms. The van der Waals surface area contributed by atoms with Crippen LogP contribution in [0.1, 0.15) is 23.2 Å². The van der Waals surface area contributed by atoms with Crippen LogP contribution >= 0.6 is 0 Å². The molecule has 0 saturated carbocycles. The molecule has 1 aliphatic rings. The predicted molar refractivity (Wildman–Crippen MR) is 94.9 cm³/mol. The molecule has 0 aromatic heterocycles. The highest BCUT2D eigenvalue weighted by Crippen LogP contribution is 2.19. The Kier molecular flexibility index (Phi) is 5.71. The second kappa shape index (κ2) is 8.01. The summed E-state index contributed by atoms with van der Waals surface area (Å²) in [6.45, 7) is 1.12. The molecule has 6 nitrogen and oxygen atoms in total. The van der Waals surface area contributed by atoms with Crippen molar-refractivity contribution < 1.29 is 26.7 Å². The number of ether oxygens (including phenoxy) is 1. The van der Waals surface area contributed by atoms with E-state index in [1.807, 2.05) is 0 Å². The van der Waals surface area contributed by atoms with Crippen LogP contribution in [-0.4, -0.2) is 33.6 Å². The van der Waals surface area contributed by atoms with Gasteiger partial charge in [0.2, 0.25) is 0 Å². The average molecular weight is 396 g/mol. The lowest BCUT2D eigenvalue weighted by atomic mass is 10.2. The molecular formula is C18H18F2N2O4S. The minimum atomic E-state index is -4.08. The van der Waals surface area contributed by atoms with Gasteiger partial charge in [0.15, 0.2) is 11.6 Å². The first kappa shape index (κ1) is 19.2. The Morgan fingerprint density at radius 2 is 1.85 bits per heavy atom. The maximum absolute atomic E-state index is 13.3. The van der Waals surface area contributed by atoms with E-state index in [2.05, 4.69) is 10.0 Å². The third kappa shape index (κ3) is 4.81. The van der Waals surface area contributed by atoms with Crippen molar-refractivity contribution in [1.82, 2.24) is 5.32 Å². The number of hydrogen-bond acceptors (Lipinski definition) is 4. The Morgan fingerprint density at radius 1 is 1.11 bits per heavy atom. The topological polar surface area (TPSA) is 84.5 Å². The van der Waals surface area contributed by atoms with Crippen LogP contribution in [0.2, 0.25) is 0 Å². The molecule has 0 radical (unpaired) electrons. The smallest absolute Gasteiger partial charge is 0.261 e. The zero-order chi connectivity index (χ0) is 19.4. The van der Waals surface area contributed by atoms with Crippen molar-refractivity contribution in [3.8, 4) is 0 Å². The number of carbonyl (C=O) groups is 1. The molecular weight excluding hydrogens is 378 g/mol. The first-order valence-electron chi connectivity index (χ1n) is 8.33. The van der Waals surface area contributed by atoms with Crippen molar-refractivity contribution in [2.75, 3.05) is 17.9 Å². The van der Waals surface area contributed by atoms with Gasteiger partial charge in [-0.25, -0.2) is 17.2 Å². The number of benzene rings is 2. The predicted octanol–water partition coefficient (Wildman–Crippen LogP) is 2.67. The van der Waals surface area contributed by atoms with Gasteiger partial charge in [0.1, 0.15) is 0 Å². The van der Waals surface area contributed by atoms with Gasteiger partial charge in [-0.2, -0.15) is 0 Å². The summed E-state index contributed by atoms with van der Waals surface area (Å²) in [6, 6.07) is 8.07. The van der Waals surface area contributed by atoms with Crippen LogP contribution in [0.4, 0.5) is 14.5 Å². The minimum absolute atomic E-state index is 0.0242. The molecule has 0 spiro atoms. The maximum Gasteiger partial charge on any atom is 0.261 e. The van der Waals surface area contributed by atoms with Gasteiger partial charge < -0.3 is 10.1 Å². The van der Waals surface area contributed by atoms with Gasteiger partial charge in [0.25, 0.3) is 15.9 Å². The summed E-state index contributed by atoms with van der Waals surface area (Å²) >= 11 is 0. The van der Waals surface area contributed by atoms with E-state index in [-0.39, 0.29) is 17.7 Å². The van der Waals surface area contributed by atoms with E-state index in [0.717, 1.165) is 25.0 Å². The molecule has 1 fully saturated rings. The molecule has 1 saturated heterocycles. The number of rotatable bonds is 6. The second-order valence-electron chi connectivity index (χ2n) is 6.10. The van der Waals surface area contributed by atoms with Crippen molar-refractivity contribution in [2.45, 2.75) is 23.8 Å². The fourth-order valence-electron chi connectivity index (χ4n) is 2.66. The quantitative estimate of drug-likeness (QED) is 0.786. The standard InChI is InChI=1S/C18H18F2N2O4S/c19-16-8-7-15(10-17(16)20)27(24,25)22-13-5-3-12(4-6-13)18(23)21-11-14-2-1-9-26-14/h3-8,10,14,22H,1-2,9,11H2,(H,21,23)/t14-/m1/s1. The van der Waals surface area contributed by atoms with Gasteiger partial charge in [0.05, 0.1) is 11.0 Å². The number of halogens is 2. The lowest BCUT2D eigenvalue weighted by Gasteiger charge is -2.11. The summed E-state index contributed by atoms with van der Waals surface area (Å²) in [6.07, 6.45) is 1.91. The summed E-state index contributed by atoms with van der Waals surface area (Å²) in [4.78, 5) is 11.7. The molecule has 2 aromatic carbocycles. The Labute approximate surface area is 155 Å². The normalized spacial score (nSPS) is 16.9. The minimum Gasteiger partial charge on any atom is -0.376 e. The zero-order valence-corrected chi connectivity index (χ0v) is 15.1. The second-order valence-corrected chi connectivity index (χ2v) is 7.79. The van der Waals surface area contributed by atoms with E-state index >= 15 is 0 Å². The molecule has 1 aliphatic heterocycles. The number of sulfonamides is 1. The van der Waals surface area contributed by atoms with E-state index in [0.29, 0.717) is 24.8 Å². The summed E-state index contributed by atoms with van der Waals surface area (Å²) in [5.41, 5.74) is 0.555. The average Bonchev–Trinajstić information content (AvgIpc) is 3.16. The third-order valence-corrected chi connectivity index (χ3v) is 5.49. The molecule has 0 aliphatic carbocycles. The summed E-state index contributed by atoms with van der Waals surface area (Å²) in [7, 11) is -4.08. The molecule has 1 atom stereocenters. The molecule has 27 heavy (non-hydrogen) atoms. The zero-order valence-electron chi connectivity index (χ0n) is 14.2. The van der Waals surface area contributed by atoms with Gasteiger partial charge in [-0.15, -0.1) is 0 Å². The van der Waals surface area contributed by atoms with Crippen molar-refractivity contribution >= 4 is 21.6 Å². The number of anilines is 1. The number of carbonyl (C=O) groups excluding carboxylic acids is 1. The van der Waals surface area contributed by atoms with Crippen LogP contribution < -0.4 is 10.0 Å². The molecule has 1 heterocycles. The van der Waals surface area contributed by atoms with E-state index in [1.54, 1.807) is 0 Å². The maximum atomic E-state index is 13.3. The van der Waals surface area contributed by atoms with Crippen LogP contribution in [0.15, 0.2) is 47.4 Å². The number of hydrogen-bond donors (Lipinski definition) is 2. The number of nitrogens with one attached hydrogen (secondary N) is 2. The van der Waals surface area contributed by atoms with E-state index < -0.39 is 26.6 Å². The van der Waals surface area contributed by atoms with Crippen molar-refractivity contribution in [3.05, 3.63) is 59.7 Å². The van der Waals surface area contributed by atoms with Crippen molar-refractivity contribution in [1.29, 1.82) is 0 Å². The Bertz CT molecular complexity index is 927. The Hall–Kier alpha value is -2.52. The SMILES string of the molecule is O=C(NC[C@H]1CCCO1)c1ccc(NS(=O)(=O)c2ccc(F)c(F)c2)cc1. The highest BCUT2D eigenvalue weighted by molar-refractivity contribution is 7.92. The first-order valence-corrected chi connectivity index (χ1v) is 9.81. The van der Waals surface area contributed by atoms with Crippen LogP contribution in [0, 0.1) is 11.6 Å². The van der Waals surface area contributed by atoms with Crippen LogP contribution in [0.5, 0.6) is 0 Å². The Morgan fingerprint density at radius 3 is 2.48 bits per heavy atom. The molecule has 1 amide bonds. The monoisotopic (exact) mass is 396 g/mol. The lowest BCUT2D eigenvalue weighted by molar-refractivity contribution is 0.0858. The largest absolute Gasteiger partial charge is 0.376 e. The summed E-state index contributed by atoms with van der Waals surface area (Å²) in [5, 5.41) is 2.77. The summed E-state index contributed by atoms with van der Waals surface area (Å²) in [5.74, 6) is -2.68. The molecule has 3 rings (SSSR count). The van der Waals surface area contributed by atoms with E-state index in [1.165, 1.54) is 24.3 Å². The van der Waals surface area contributed by atoms with Crippen LogP contribution in [-0.2, 0) is 14.8 Å². The third-order valence-electron chi connectivity index (χ3n) is 4.11. The van der Waals surface area contributed by atoms with Crippen molar-refractivity contribution in [2.24, 2.45) is 0 Å². The first-order chi connectivity index (χ1) is 12.8. The Balaban J connectivity index is 1.64. The molecule has 2 N–H and O–H groups in total. The lowest BCUT2D eigenvalue weighted by Crippen LogP contribution is -2.31. The van der Waals surface area contributed by atoms with Crippen molar-refractivity contribution in [3.63, 3.8) is 0 Å². The van der Waals surface area contributed by atoms with Gasteiger partial charge in [-0.3, -0.25) is 9.52 Å². The molecule has 0 unspecified atom stereocenters. The molecule has 2 aromatic rings. The highest BCUT2D eigenvalue weighted by Gasteiger charge is 2.18. The molecule has 144 valence electrons. The van der Waals surface area contributed by atoms with Gasteiger partial charge >= 0.3 is 0 Å². The van der Waals surface area contributed by atoms with Gasteiger partial charge in [0, 0.05) is 24.4 Å². The highest BCUT2D eigenvalue weighted by atomic mass is 32.2. The van der Waals surface area contributed by atoms with E-state index in [4.69, 9.17) is 4.74 Å². The fraction of sp³-hybridized carbons (Fsp3) is 0.278. The molecule has 0 bridgehead atoms. The summed E-state index contributed by atoms with van der Waals surface area (Å²) < 4.78 is 58.4. The number of amides is 1. The van der Waals surface area contributed by atoms with Gasteiger partial charge in [-0.1, -0.05) is 0 Å².